The number of phenols is 2. The van der Waals surface area contributed by atoms with Crippen molar-refractivity contribution in [3.63, 3.8) is 0 Å². The van der Waals surface area contributed by atoms with Crippen molar-refractivity contribution < 1.29 is 19.7 Å². The van der Waals surface area contributed by atoms with Crippen LogP contribution in [0.5, 0.6) is 23.0 Å². The second-order valence-corrected chi connectivity index (χ2v) is 5.69. The molecule has 128 valence electrons. The molecule has 4 heteroatoms. The van der Waals surface area contributed by atoms with E-state index in [4.69, 9.17) is 9.47 Å². The molecular formula is C21H20O4. The lowest BCUT2D eigenvalue weighted by atomic mass is 9.84. The third kappa shape index (κ3) is 3.38. The zero-order valence-electron chi connectivity index (χ0n) is 14.1. The van der Waals surface area contributed by atoms with Gasteiger partial charge in [-0.3, -0.25) is 0 Å². The molecule has 0 aliphatic rings. The largest absolute Gasteiger partial charge is 0.508 e. The Labute approximate surface area is 146 Å². The number of rotatable bonds is 5. The van der Waals surface area contributed by atoms with E-state index in [0.29, 0.717) is 22.6 Å². The summed E-state index contributed by atoms with van der Waals surface area (Å²) in [7, 11) is 3.16. The van der Waals surface area contributed by atoms with Crippen LogP contribution in [0.25, 0.3) is 0 Å². The van der Waals surface area contributed by atoms with Crippen molar-refractivity contribution in [1.82, 2.24) is 0 Å². The summed E-state index contributed by atoms with van der Waals surface area (Å²) in [5.41, 5.74) is 2.23. The molecule has 3 aromatic carbocycles. The van der Waals surface area contributed by atoms with Crippen LogP contribution in [0.4, 0.5) is 0 Å². The summed E-state index contributed by atoms with van der Waals surface area (Å²) in [6.45, 7) is 0. The number of methoxy groups -OCH3 is 2. The Morgan fingerprint density at radius 2 is 1.16 bits per heavy atom. The van der Waals surface area contributed by atoms with E-state index in [0.717, 1.165) is 5.56 Å². The molecule has 0 fully saturated rings. The van der Waals surface area contributed by atoms with Gasteiger partial charge >= 0.3 is 0 Å². The average Bonchev–Trinajstić information content (AvgIpc) is 2.66. The van der Waals surface area contributed by atoms with Gasteiger partial charge in [-0.25, -0.2) is 0 Å². The topological polar surface area (TPSA) is 58.9 Å². The van der Waals surface area contributed by atoms with Crippen molar-refractivity contribution in [3.05, 3.63) is 83.4 Å². The summed E-state index contributed by atoms with van der Waals surface area (Å²) in [6, 6.07) is 19.9. The van der Waals surface area contributed by atoms with E-state index in [9.17, 15) is 10.2 Å². The molecule has 3 rings (SSSR count). The minimum Gasteiger partial charge on any atom is -0.508 e. The van der Waals surface area contributed by atoms with Crippen LogP contribution in [-0.2, 0) is 0 Å². The minimum absolute atomic E-state index is 0.136. The molecule has 0 amide bonds. The summed E-state index contributed by atoms with van der Waals surface area (Å²) in [4.78, 5) is 0. The highest BCUT2D eigenvalue weighted by atomic mass is 16.5. The molecule has 0 aliphatic carbocycles. The minimum atomic E-state index is -0.369. The van der Waals surface area contributed by atoms with E-state index in [1.165, 1.54) is 0 Å². The van der Waals surface area contributed by atoms with Gasteiger partial charge in [-0.2, -0.15) is 0 Å². The highest BCUT2D eigenvalue weighted by Crippen LogP contribution is 2.42. The van der Waals surface area contributed by atoms with Crippen LogP contribution in [-0.4, -0.2) is 24.4 Å². The number of hydrogen-bond acceptors (Lipinski definition) is 4. The van der Waals surface area contributed by atoms with E-state index >= 15 is 0 Å². The Kier molecular flexibility index (Phi) is 4.80. The fraction of sp³-hybridized carbons (Fsp3) is 0.143. The Morgan fingerprint density at radius 3 is 1.60 bits per heavy atom. The highest BCUT2D eigenvalue weighted by molar-refractivity contribution is 5.55. The molecule has 0 saturated carbocycles. The molecule has 2 N–H and O–H groups in total. The maximum Gasteiger partial charge on any atom is 0.120 e. The second kappa shape index (κ2) is 7.18. The van der Waals surface area contributed by atoms with E-state index in [2.05, 4.69) is 0 Å². The van der Waals surface area contributed by atoms with Gasteiger partial charge in [0.25, 0.3) is 0 Å². The standard InChI is InChI=1S/C21H20O4/c1-24-15-8-10-19(22)17(12-15)21(14-6-4-3-5-7-14)18-13-16(25-2)9-11-20(18)23/h3-13,21-23H,1-2H3. The lowest BCUT2D eigenvalue weighted by Crippen LogP contribution is -2.05. The van der Waals surface area contributed by atoms with Gasteiger partial charge in [0.15, 0.2) is 0 Å². The number of phenolic OH excluding ortho intramolecular Hbond substituents is 2. The summed E-state index contributed by atoms with van der Waals surface area (Å²) >= 11 is 0. The number of benzene rings is 3. The maximum absolute atomic E-state index is 10.5. The number of hydrogen-bond donors (Lipinski definition) is 2. The van der Waals surface area contributed by atoms with Gasteiger partial charge in [-0.1, -0.05) is 30.3 Å². The van der Waals surface area contributed by atoms with Gasteiger partial charge < -0.3 is 19.7 Å². The summed E-state index contributed by atoms with van der Waals surface area (Å²) < 4.78 is 10.6. The van der Waals surface area contributed by atoms with E-state index in [1.54, 1.807) is 50.6 Å². The molecule has 0 radical (unpaired) electrons. The highest BCUT2D eigenvalue weighted by Gasteiger charge is 2.24. The van der Waals surface area contributed by atoms with E-state index in [1.807, 2.05) is 30.3 Å². The molecular weight excluding hydrogens is 316 g/mol. The van der Waals surface area contributed by atoms with Crippen LogP contribution < -0.4 is 9.47 Å². The molecule has 0 unspecified atom stereocenters. The quantitative estimate of drug-likeness (QED) is 0.682. The fourth-order valence-corrected chi connectivity index (χ4v) is 2.95. The third-order valence-electron chi connectivity index (χ3n) is 4.22. The summed E-state index contributed by atoms with van der Waals surface area (Å²) in [6.07, 6.45) is 0. The Hall–Kier alpha value is -3.14. The lowest BCUT2D eigenvalue weighted by Gasteiger charge is -2.22. The van der Waals surface area contributed by atoms with Gasteiger partial charge in [0.1, 0.15) is 23.0 Å². The number of aromatic hydroxyl groups is 2. The molecule has 0 atom stereocenters. The zero-order chi connectivity index (χ0) is 17.8. The Morgan fingerprint density at radius 1 is 0.680 bits per heavy atom. The van der Waals surface area contributed by atoms with Crippen molar-refractivity contribution in [2.75, 3.05) is 14.2 Å². The van der Waals surface area contributed by atoms with Crippen molar-refractivity contribution in [2.45, 2.75) is 5.92 Å². The Bertz CT molecular complexity index is 806. The average molecular weight is 336 g/mol. The SMILES string of the molecule is COc1ccc(O)c(C(c2ccccc2)c2cc(OC)ccc2O)c1. The first-order valence-corrected chi connectivity index (χ1v) is 7.92. The van der Waals surface area contributed by atoms with Gasteiger partial charge in [0.2, 0.25) is 0 Å². The predicted octanol–water partition coefficient (Wildman–Crippen LogP) is 4.30. The van der Waals surface area contributed by atoms with Crippen LogP contribution in [0, 0.1) is 0 Å². The van der Waals surface area contributed by atoms with Gasteiger partial charge in [-0.05, 0) is 42.0 Å². The van der Waals surface area contributed by atoms with Gasteiger partial charge in [0, 0.05) is 17.0 Å². The summed E-state index contributed by atoms with van der Waals surface area (Å²) in [5.74, 6) is 1.17. The van der Waals surface area contributed by atoms with Crippen molar-refractivity contribution in [3.8, 4) is 23.0 Å². The third-order valence-corrected chi connectivity index (χ3v) is 4.22. The van der Waals surface area contributed by atoms with Crippen molar-refractivity contribution in [2.24, 2.45) is 0 Å². The molecule has 0 aliphatic heterocycles. The van der Waals surface area contributed by atoms with Gasteiger partial charge in [0.05, 0.1) is 14.2 Å². The van der Waals surface area contributed by atoms with E-state index in [-0.39, 0.29) is 17.4 Å². The van der Waals surface area contributed by atoms with Crippen LogP contribution in [0.1, 0.15) is 22.6 Å². The van der Waals surface area contributed by atoms with Crippen LogP contribution in [0.15, 0.2) is 66.7 Å². The lowest BCUT2D eigenvalue weighted by molar-refractivity contribution is 0.408. The molecule has 4 nitrogen and oxygen atoms in total. The monoisotopic (exact) mass is 336 g/mol. The first kappa shape index (κ1) is 16.7. The molecule has 3 aromatic rings. The summed E-state index contributed by atoms with van der Waals surface area (Å²) in [5, 5.41) is 20.9. The van der Waals surface area contributed by atoms with Crippen molar-refractivity contribution in [1.29, 1.82) is 0 Å². The molecule has 0 heterocycles. The van der Waals surface area contributed by atoms with Crippen molar-refractivity contribution >= 4 is 0 Å². The number of ether oxygens (including phenoxy) is 2. The van der Waals surface area contributed by atoms with Crippen LogP contribution >= 0.6 is 0 Å². The molecule has 0 spiro atoms. The van der Waals surface area contributed by atoms with E-state index < -0.39 is 0 Å². The van der Waals surface area contributed by atoms with Crippen LogP contribution in [0.2, 0.25) is 0 Å². The Balaban J connectivity index is 2.25. The predicted molar refractivity (Wildman–Crippen MR) is 96.7 cm³/mol. The van der Waals surface area contributed by atoms with Gasteiger partial charge in [-0.15, -0.1) is 0 Å². The smallest absolute Gasteiger partial charge is 0.120 e. The first-order valence-electron chi connectivity index (χ1n) is 7.92. The zero-order valence-corrected chi connectivity index (χ0v) is 14.1. The second-order valence-electron chi connectivity index (χ2n) is 5.69. The fourth-order valence-electron chi connectivity index (χ4n) is 2.95. The maximum atomic E-state index is 10.5. The first-order chi connectivity index (χ1) is 12.1. The van der Waals surface area contributed by atoms with Crippen LogP contribution in [0.3, 0.4) is 0 Å². The molecule has 0 saturated heterocycles. The normalized spacial score (nSPS) is 10.7. The molecule has 25 heavy (non-hydrogen) atoms. The molecule has 0 bridgehead atoms. The molecule has 0 aromatic heterocycles.